The van der Waals surface area contributed by atoms with Gasteiger partial charge < -0.3 is 14.4 Å². The molecule has 3 aromatic rings. The van der Waals surface area contributed by atoms with E-state index in [-0.39, 0.29) is 11.4 Å². The molecule has 4 heterocycles. The minimum atomic E-state index is -0.339. The number of fused-ring (bicyclic) bond motifs is 1. The Morgan fingerprint density at radius 2 is 1.79 bits per heavy atom. The first-order valence-corrected chi connectivity index (χ1v) is 9.68. The Labute approximate surface area is 162 Å². The molecule has 5 rings (SSSR count). The Kier molecular flexibility index (Phi) is 4.44. The molecule has 28 heavy (non-hydrogen) atoms. The van der Waals surface area contributed by atoms with Gasteiger partial charge in [-0.15, -0.1) is 15.3 Å². The standard InChI is InChI=1S/C20H22FN5O2/c21-16-4-2-1-3-15(16)19-23-22-17-5-6-18(24-26(17)19)25-10-7-20(28-14-11-25)8-12-27-13-9-20/h1-6H,7-14H2. The van der Waals surface area contributed by atoms with Crippen LogP contribution in [0.5, 0.6) is 0 Å². The van der Waals surface area contributed by atoms with Crippen LogP contribution in [0.3, 0.4) is 0 Å². The fraction of sp³-hybridized carbons (Fsp3) is 0.450. The summed E-state index contributed by atoms with van der Waals surface area (Å²) < 4.78 is 27.6. The van der Waals surface area contributed by atoms with E-state index in [0.29, 0.717) is 23.6 Å². The van der Waals surface area contributed by atoms with E-state index >= 15 is 0 Å². The van der Waals surface area contributed by atoms with E-state index in [0.717, 1.165) is 51.4 Å². The number of hydrogen-bond acceptors (Lipinski definition) is 6. The van der Waals surface area contributed by atoms with E-state index in [9.17, 15) is 4.39 Å². The molecule has 2 aromatic heterocycles. The van der Waals surface area contributed by atoms with E-state index in [1.807, 2.05) is 12.1 Å². The smallest absolute Gasteiger partial charge is 0.188 e. The number of nitrogens with zero attached hydrogens (tertiary/aromatic N) is 5. The lowest BCUT2D eigenvalue weighted by Crippen LogP contribution is -2.39. The molecule has 146 valence electrons. The molecule has 0 amide bonds. The van der Waals surface area contributed by atoms with Gasteiger partial charge in [0, 0.05) is 26.3 Å². The number of hydrogen-bond donors (Lipinski definition) is 0. The summed E-state index contributed by atoms with van der Waals surface area (Å²) in [7, 11) is 0. The maximum atomic E-state index is 14.2. The van der Waals surface area contributed by atoms with Crippen molar-refractivity contribution in [2.75, 3.05) is 37.8 Å². The van der Waals surface area contributed by atoms with Gasteiger partial charge in [-0.1, -0.05) is 12.1 Å². The Morgan fingerprint density at radius 1 is 0.929 bits per heavy atom. The van der Waals surface area contributed by atoms with Crippen LogP contribution in [0.15, 0.2) is 36.4 Å². The van der Waals surface area contributed by atoms with Crippen LogP contribution < -0.4 is 4.90 Å². The minimum absolute atomic E-state index is 0.0774. The van der Waals surface area contributed by atoms with Gasteiger partial charge in [-0.05, 0) is 43.5 Å². The van der Waals surface area contributed by atoms with Crippen molar-refractivity contribution >= 4 is 11.5 Å². The zero-order chi connectivity index (χ0) is 19.0. The van der Waals surface area contributed by atoms with E-state index in [1.54, 1.807) is 22.7 Å². The van der Waals surface area contributed by atoms with Crippen LogP contribution >= 0.6 is 0 Å². The van der Waals surface area contributed by atoms with Crippen LogP contribution in [0.25, 0.3) is 17.0 Å². The lowest BCUT2D eigenvalue weighted by Gasteiger charge is -2.35. The summed E-state index contributed by atoms with van der Waals surface area (Å²) in [5.41, 5.74) is 0.903. The summed E-state index contributed by atoms with van der Waals surface area (Å²) in [5, 5.41) is 13.0. The van der Waals surface area contributed by atoms with Gasteiger partial charge in [-0.25, -0.2) is 4.39 Å². The first kappa shape index (κ1) is 17.5. The number of aromatic nitrogens is 4. The van der Waals surface area contributed by atoms with Crippen molar-refractivity contribution in [1.29, 1.82) is 0 Å². The molecule has 0 unspecified atom stereocenters. The molecule has 1 spiro atoms. The van der Waals surface area contributed by atoms with Crippen molar-refractivity contribution in [3.05, 3.63) is 42.2 Å². The molecule has 2 saturated heterocycles. The number of benzene rings is 1. The lowest BCUT2D eigenvalue weighted by molar-refractivity contribution is -0.105. The van der Waals surface area contributed by atoms with Crippen molar-refractivity contribution in [2.45, 2.75) is 24.9 Å². The quantitative estimate of drug-likeness (QED) is 0.678. The molecule has 0 aliphatic carbocycles. The molecule has 0 atom stereocenters. The molecular weight excluding hydrogens is 361 g/mol. The average molecular weight is 383 g/mol. The van der Waals surface area contributed by atoms with Gasteiger partial charge in [0.25, 0.3) is 0 Å². The van der Waals surface area contributed by atoms with E-state index in [4.69, 9.17) is 14.6 Å². The fourth-order valence-electron chi connectivity index (χ4n) is 4.02. The highest BCUT2D eigenvalue weighted by Crippen LogP contribution is 2.32. The monoisotopic (exact) mass is 383 g/mol. The second kappa shape index (κ2) is 7.10. The van der Waals surface area contributed by atoms with E-state index < -0.39 is 0 Å². The molecule has 1 aromatic carbocycles. The lowest BCUT2D eigenvalue weighted by atomic mass is 9.90. The van der Waals surface area contributed by atoms with Crippen molar-refractivity contribution < 1.29 is 13.9 Å². The number of ether oxygens (including phenoxy) is 2. The number of halogens is 1. The predicted molar refractivity (Wildman–Crippen MR) is 102 cm³/mol. The van der Waals surface area contributed by atoms with Crippen LogP contribution in [-0.2, 0) is 9.47 Å². The molecule has 0 saturated carbocycles. The molecule has 2 aliphatic rings. The van der Waals surface area contributed by atoms with E-state index in [2.05, 4.69) is 15.1 Å². The summed E-state index contributed by atoms with van der Waals surface area (Å²) in [5.74, 6) is 0.883. The maximum Gasteiger partial charge on any atom is 0.188 e. The topological polar surface area (TPSA) is 64.8 Å². The van der Waals surface area contributed by atoms with Gasteiger partial charge in [0.05, 0.1) is 17.8 Å². The van der Waals surface area contributed by atoms with Gasteiger partial charge in [-0.3, -0.25) is 0 Å². The maximum absolute atomic E-state index is 14.2. The molecule has 0 bridgehead atoms. The molecular formula is C20H22FN5O2. The SMILES string of the molecule is Fc1ccccc1-c1nnc2ccc(N3CCOC4(CCOCC4)CC3)nn12. The summed E-state index contributed by atoms with van der Waals surface area (Å²) >= 11 is 0. The zero-order valence-electron chi connectivity index (χ0n) is 15.6. The summed E-state index contributed by atoms with van der Waals surface area (Å²) in [6.07, 6.45) is 2.82. The third-order valence-corrected chi connectivity index (χ3v) is 5.70. The van der Waals surface area contributed by atoms with Gasteiger partial charge in [0.15, 0.2) is 11.5 Å². The molecule has 0 radical (unpaired) electrons. The third-order valence-electron chi connectivity index (χ3n) is 5.70. The van der Waals surface area contributed by atoms with Crippen LogP contribution in [-0.4, -0.2) is 58.3 Å². The highest BCUT2D eigenvalue weighted by Gasteiger charge is 2.36. The summed E-state index contributed by atoms with van der Waals surface area (Å²) in [4.78, 5) is 2.22. The largest absolute Gasteiger partial charge is 0.381 e. The second-order valence-corrected chi connectivity index (χ2v) is 7.35. The van der Waals surface area contributed by atoms with Crippen molar-refractivity contribution in [1.82, 2.24) is 19.8 Å². The van der Waals surface area contributed by atoms with Gasteiger partial charge in [-0.2, -0.15) is 4.52 Å². The fourth-order valence-corrected chi connectivity index (χ4v) is 4.02. The van der Waals surface area contributed by atoms with Gasteiger partial charge >= 0.3 is 0 Å². The van der Waals surface area contributed by atoms with Crippen LogP contribution in [0.4, 0.5) is 10.2 Å². The highest BCUT2D eigenvalue weighted by atomic mass is 19.1. The third kappa shape index (κ3) is 3.12. The van der Waals surface area contributed by atoms with Crippen molar-refractivity contribution in [3.63, 3.8) is 0 Å². The Hall–Kier alpha value is -2.58. The molecule has 8 heteroatoms. The first-order valence-electron chi connectivity index (χ1n) is 9.68. The number of rotatable bonds is 2. The highest BCUT2D eigenvalue weighted by molar-refractivity contribution is 5.60. The van der Waals surface area contributed by atoms with Crippen LogP contribution in [0.1, 0.15) is 19.3 Å². The Bertz CT molecular complexity index is 986. The normalized spacial score (nSPS) is 19.8. The van der Waals surface area contributed by atoms with Crippen LogP contribution in [0, 0.1) is 5.82 Å². The summed E-state index contributed by atoms with van der Waals surface area (Å²) in [6.45, 7) is 3.80. The van der Waals surface area contributed by atoms with Crippen LogP contribution in [0.2, 0.25) is 0 Å². The molecule has 2 aliphatic heterocycles. The van der Waals surface area contributed by atoms with E-state index in [1.165, 1.54) is 6.07 Å². The molecule has 2 fully saturated rings. The van der Waals surface area contributed by atoms with Gasteiger partial charge in [0.2, 0.25) is 0 Å². The predicted octanol–water partition coefficient (Wildman–Crippen LogP) is 2.71. The molecule has 0 N–H and O–H groups in total. The molecule has 7 nitrogen and oxygen atoms in total. The summed E-state index contributed by atoms with van der Waals surface area (Å²) in [6, 6.07) is 10.4. The average Bonchev–Trinajstić information content (AvgIpc) is 3.04. The Balaban J connectivity index is 1.45. The van der Waals surface area contributed by atoms with Crippen molar-refractivity contribution in [3.8, 4) is 11.4 Å². The second-order valence-electron chi connectivity index (χ2n) is 7.35. The van der Waals surface area contributed by atoms with Crippen molar-refractivity contribution in [2.24, 2.45) is 0 Å². The minimum Gasteiger partial charge on any atom is -0.381 e. The van der Waals surface area contributed by atoms with Gasteiger partial charge in [0.1, 0.15) is 11.6 Å². The number of anilines is 1. The zero-order valence-corrected chi connectivity index (χ0v) is 15.6. The Morgan fingerprint density at radius 3 is 2.64 bits per heavy atom. The first-order chi connectivity index (χ1) is 13.7.